The molecule has 0 amide bonds. The zero-order valence-electron chi connectivity index (χ0n) is 19.1. The van der Waals surface area contributed by atoms with Crippen LogP contribution in [0, 0.1) is 5.82 Å². The summed E-state index contributed by atoms with van der Waals surface area (Å²) in [5, 5.41) is 0. The van der Waals surface area contributed by atoms with Crippen LogP contribution in [0.15, 0.2) is 77.4 Å². The van der Waals surface area contributed by atoms with Gasteiger partial charge in [-0.1, -0.05) is 0 Å². The number of benzene rings is 3. The first-order valence-electron chi connectivity index (χ1n) is 10.6. The van der Waals surface area contributed by atoms with Gasteiger partial charge in [0.1, 0.15) is 23.1 Å². The number of allylic oxidation sites excluding steroid dienone is 2. The molecule has 3 aromatic carbocycles. The number of esters is 1. The topological polar surface area (TPSA) is 75.6 Å². The molecule has 3 aromatic rings. The first-order valence-corrected chi connectivity index (χ1v) is 10.6. The van der Waals surface area contributed by atoms with Crippen LogP contribution in [-0.4, -0.2) is 33.2 Å². The molecule has 5 rings (SSSR count). The van der Waals surface area contributed by atoms with Gasteiger partial charge in [0.2, 0.25) is 5.90 Å². The second-order valence-electron chi connectivity index (χ2n) is 7.62. The summed E-state index contributed by atoms with van der Waals surface area (Å²) < 4.78 is 41.1. The lowest BCUT2D eigenvalue weighted by atomic mass is 9.97. The van der Waals surface area contributed by atoms with Crippen LogP contribution in [0.5, 0.6) is 23.0 Å². The maximum Gasteiger partial charge on any atom is 0.364 e. The molecule has 0 unspecified atom stereocenters. The van der Waals surface area contributed by atoms with Crippen molar-refractivity contribution in [3.05, 3.63) is 94.9 Å². The number of hydrogen-bond donors (Lipinski definition) is 0. The van der Waals surface area contributed by atoms with Crippen molar-refractivity contribution in [2.24, 2.45) is 4.99 Å². The molecule has 0 N–H and O–H groups in total. The Balaban J connectivity index is 1.68. The molecular weight excluding hydrogens is 453 g/mol. The van der Waals surface area contributed by atoms with Gasteiger partial charge >= 0.3 is 5.97 Å². The number of halogens is 1. The molecule has 0 radical (unpaired) electrons. The number of cyclic esters (lactones) is 1. The van der Waals surface area contributed by atoms with Crippen LogP contribution < -0.4 is 18.9 Å². The predicted molar refractivity (Wildman–Crippen MR) is 127 cm³/mol. The van der Waals surface area contributed by atoms with Crippen molar-refractivity contribution in [1.82, 2.24) is 0 Å². The number of methoxy groups -OCH3 is 3. The van der Waals surface area contributed by atoms with Crippen LogP contribution >= 0.6 is 0 Å². The smallest absolute Gasteiger partial charge is 0.364 e. The average Bonchev–Trinajstić information content (AvgIpc) is 3.28. The number of carbonyl (C=O) groups excluding carboxylic acids is 1. The molecule has 0 saturated heterocycles. The summed E-state index contributed by atoms with van der Waals surface area (Å²) in [5.41, 5.74) is 2.40. The molecule has 0 bridgehead atoms. The minimum absolute atomic E-state index is 0.0921. The van der Waals surface area contributed by atoms with Crippen molar-refractivity contribution < 1.29 is 32.9 Å². The largest absolute Gasteiger partial charge is 0.497 e. The summed E-state index contributed by atoms with van der Waals surface area (Å²) in [6.45, 7) is 0. The van der Waals surface area contributed by atoms with Gasteiger partial charge in [0.15, 0.2) is 17.2 Å². The van der Waals surface area contributed by atoms with E-state index < -0.39 is 11.8 Å². The fourth-order valence-electron chi connectivity index (χ4n) is 3.81. The Bertz CT molecular complexity index is 1420. The summed E-state index contributed by atoms with van der Waals surface area (Å²) >= 11 is 0. The first kappa shape index (κ1) is 22.2. The van der Waals surface area contributed by atoms with E-state index in [0.29, 0.717) is 51.0 Å². The minimum atomic E-state index is -0.627. The van der Waals surface area contributed by atoms with Crippen LogP contribution in [0.25, 0.3) is 11.3 Å². The maximum atomic E-state index is 13.4. The second-order valence-corrected chi connectivity index (χ2v) is 7.62. The molecule has 0 aromatic heterocycles. The Labute approximate surface area is 200 Å². The monoisotopic (exact) mass is 473 g/mol. The third kappa shape index (κ3) is 4.10. The van der Waals surface area contributed by atoms with Crippen molar-refractivity contribution in [2.75, 3.05) is 21.3 Å². The highest BCUT2D eigenvalue weighted by atomic mass is 19.1. The van der Waals surface area contributed by atoms with Crippen molar-refractivity contribution in [2.45, 2.75) is 0 Å². The third-order valence-corrected chi connectivity index (χ3v) is 5.58. The van der Waals surface area contributed by atoms with Crippen LogP contribution in [0.2, 0.25) is 0 Å². The molecule has 176 valence electrons. The fourth-order valence-corrected chi connectivity index (χ4v) is 3.81. The van der Waals surface area contributed by atoms with E-state index in [9.17, 15) is 9.18 Å². The van der Waals surface area contributed by atoms with Gasteiger partial charge in [0.05, 0.1) is 21.3 Å². The number of rotatable bonds is 5. The number of nitrogens with zero attached hydrogens (tertiary/aromatic N) is 1. The molecule has 35 heavy (non-hydrogen) atoms. The van der Waals surface area contributed by atoms with E-state index in [4.69, 9.17) is 23.7 Å². The van der Waals surface area contributed by atoms with Crippen LogP contribution in [0.4, 0.5) is 4.39 Å². The van der Waals surface area contributed by atoms with E-state index in [2.05, 4.69) is 4.99 Å². The predicted octanol–water partition coefficient (Wildman–Crippen LogP) is 5.00. The molecule has 8 heteroatoms. The Morgan fingerprint density at radius 2 is 1.54 bits per heavy atom. The standard InChI is InChI=1S/C27H20FNO6/c1-31-18-9-11-21-19(13-18)20(14-23(34-21)16-6-10-22(32-2)24(12-16)33-3)25-27(30)35-26(29-25)15-4-7-17(28)8-5-15/h4-14H,1-3H3/b25-20-. The van der Waals surface area contributed by atoms with Crippen LogP contribution in [0.1, 0.15) is 16.7 Å². The Morgan fingerprint density at radius 3 is 2.26 bits per heavy atom. The van der Waals surface area contributed by atoms with E-state index in [1.54, 1.807) is 57.7 Å². The van der Waals surface area contributed by atoms with E-state index in [0.717, 1.165) is 0 Å². The summed E-state index contributed by atoms with van der Waals surface area (Å²) in [6, 6.07) is 16.2. The summed E-state index contributed by atoms with van der Waals surface area (Å²) in [7, 11) is 4.66. The van der Waals surface area contributed by atoms with Gasteiger partial charge in [-0.2, -0.15) is 0 Å². The Morgan fingerprint density at radius 1 is 0.800 bits per heavy atom. The Hall–Kier alpha value is -4.59. The average molecular weight is 473 g/mol. The highest BCUT2D eigenvalue weighted by Crippen LogP contribution is 2.42. The summed E-state index contributed by atoms with van der Waals surface area (Å²) in [5.74, 6) is 1.74. The minimum Gasteiger partial charge on any atom is -0.497 e. The molecule has 2 aliphatic rings. The molecule has 0 saturated carbocycles. The lowest BCUT2D eigenvalue weighted by molar-refractivity contribution is -0.129. The van der Waals surface area contributed by atoms with E-state index in [1.807, 2.05) is 6.07 Å². The highest BCUT2D eigenvalue weighted by Gasteiger charge is 2.31. The van der Waals surface area contributed by atoms with Gasteiger partial charge in [-0.05, 0) is 66.7 Å². The number of aliphatic imine (C=N–C) groups is 1. The molecule has 0 atom stereocenters. The first-order chi connectivity index (χ1) is 17.0. The lowest BCUT2D eigenvalue weighted by Gasteiger charge is -2.22. The zero-order valence-corrected chi connectivity index (χ0v) is 19.1. The second kappa shape index (κ2) is 8.98. The number of hydrogen-bond acceptors (Lipinski definition) is 7. The normalized spacial score (nSPS) is 16.5. The van der Waals surface area contributed by atoms with E-state index in [-0.39, 0.29) is 11.6 Å². The number of carbonyl (C=O) groups is 1. The van der Waals surface area contributed by atoms with Crippen molar-refractivity contribution in [1.29, 1.82) is 0 Å². The number of ether oxygens (including phenoxy) is 5. The van der Waals surface area contributed by atoms with Crippen molar-refractivity contribution in [3.8, 4) is 23.0 Å². The van der Waals surface area contributed by atoms with Crippen molar-refractivity contribution >= 4 is 23.2 Å². The Kier molecular flexibility index (Phi) is 5.70. The van der Waals surface area contributed by atoms with Crippen LogP contribution in [0.3, 0.4) is 0 Å². The van der Waals surface area contributed by atoms with E-state index >= 15 is 0 Å². The van der Waals surface area contributed by atoms with Gasteiger partial charge < -0.3 is 23.7 Å². The van der Waals surface area contributed by atoms with E-state index in [1.165, 1.54) is 24.3 Å². The molecular formula is C27H20FNO6. The molecule has 0 aliphatic carbocycles. The SMILES string of the molecule is COc1ccc2c(c1)/C(=C1\N=C(c3ccc(F)cc3)OC1=O)C=C(c1ccc(OC)c(OC)c1)O2. The lowest BCUT2D eigenvalue weighted by Crippen LogP contribution is -2.09. The zero-order chi connectivity index (χ0) is 24.5. The molecule has 0 spiro atoms. The van der Waals surface area contributed by atoms with Gasteiger partial charge in [0, 0.05) is 22.3 Å². The quantitative estimate of drug-likeness (QED) is 0.384. The third-order valence-electron chi connectivity index (χ3n) is 5.58. The van der Waals surface area contributed by atoms with Gasteiger partial charge in [-0.3, -0.25) is 0 Å². The van der Waals surface area contributed by atoms with Crippen LogP contribution in [-0.2, 0) is 9.53 Å². The molecule has 2 heterocycles. The summed E-state index contributed by atoms with van der Waals surface area (Å²) in [6.07, 6.45) is 1.72. The van der Waals surface area contributed by atoms with Gasteiger partial charge in [0.25, 0.3) is 0 Å². The number of fused-ring (bicyclic) bond motifs is 1. The molecule has 7 nitrogen and oxygen atoms in total. The fraction of sp³-hybridized carbons (Fsp3) is 0.111. The maximum absolute atomic E-state index is 13.4. The molecule has 0 fully saturated rings. The van der Waals surface area contributed by atoms with Gasteiger partial charge in [-0.15, -0.1) is 0 Å². The van der Waals surface area contributed by atoms with Gasteiger partial charge in [-0.25, -0.2) is 14.2 Å². The summed E-state index contributed by atoms with van der Waals surface area (Å²) in [4.78, 5) is 17.4. The highest BCUT2D eigenvalue weighted by molar-refractivity contribution is 6.15. The van der Waals surface area contributed by atoms with Crippen molar-refractivity contribution in [3.63, 3.8) is 0 Å². The molecule has 2 aliphatic heterocycles.